The zero-order valence-corrected chi connectivity index (χ0v) is 9.10. The Morgan fingerprint density at radius 3 is 3.13 bits per heavy atom. The van der Waals surface area contributed by atoms with Gasteiger partial charge < -0.3 is 9.47 Å². The molecular weight excluding hydrogens is 192 g/mol. The van der Waals surface area contributed by atoms with Gasteiger partial charge in [0.1, 0.15) is 0 Å². The van der Waals surface area contributed by atoms with Crippen molar-refractivity contribution in [2.75, 3.05) is 13.7 Å². The molecule has 3 heteroatoms. The van der Waals surface area contributed by atoms with Crippen molar-refractivity contribution in [3.63, 3.8) is 0 Å². The second kappa shape index (κ2) is 6.06. The van der Waals surface area contributed by atoms with E-state index in [4.69, 9.17) is 4.74 Å². The highest BCUT2D eigenvalue weighted by Crippen LogP contribution is 2.20. The maximum absolute atomic E-state index is 10.9. The third-order valence-corrected chi connectivity index (χ3v) is 2.09. The molecule has 0 aromatic rings. The van der Waals surface area contributed by atoms with Crippen molar-refractivity contribution >= 4 is 5.97 Å². The molecule has 15 heavy (non-hydrogen) atoms. The van der Waals surface area contributed by atoms with Crippen LogP contribution in [0.4, 0.5) is 0 Å². The van der Waals surface area contributed by atoms with Gasteiger partial charge in [0.25, 0.3) is 0 Å². The number of methoxy groups -OCH3 is 1. The predicted molar refractivity (Wildman–Crippen MR) is 58.1 cm³/mol. The van der Waals surface area contributed by atoms with Crippen LogP contribution in [0.2, 0.25) is 0 Å². The van der Waals surface area contributed by atoms with Crippen molar-refractivity contribution in [3.05, 3.63) is 36.1 Å². The minimum atomic E-state index is -0.323. The summed E-state index contributed by atoms with van der Waals surface area (Å²) in [6, 6.07) is 0. The molecule has 0 saturated carbocycles. The monoisotopic (exact) mass is 208 g/mol. The van der Waals surface area contributed by atoms with Crippen LogP contribution in [-0.4, -0.2) is 19.7 Å². The van der Waals surface area contributed by atoms with E-state index in [2.05, 4.69) is 4.74 Å². The van der Waals surface area contributed by atoms with Crippen LogP contribution in [-0.2, 0) is 14.3 Å². The van der Waals surface area contributed by atoms with Crippen molar-refractivity contribution in [2.45, 2.75) is 13.3 Å². The molecule has 0 spiro atoms. The van der Waals surface area contributed by atoms with Crippen LogP contribution in [0.25, 0.3) is 0 Å². The minimum absolute atomic E-state index is 0.218. The summed E-state index contributed by atoms with van der Waals surface area (Å²) < 4.78 is 9.93. The van der Waals surface area contributed by atoms with Gasteiger partial charge >= 0.3 is 5.97 Å². The van der Waals surface area contributed by atoms with Crippen molar-refractivity contribution < 1.29 is 14.3 Å². The lowest BCUT2D eigenvalue weighted by atomic mass is 9.99. The average Bonchev–Trinajstić information content (AvgIpc) is 2.27. The molecule has 0 saturated heterocycles. The second-order valence-corrected chi connectivity index (χ2v) is 3.20. The quantitative estimate of drug-likeness (QED) is 0.525. The highest BCUT2D eigenvalue weighted by atomic mass is 16.5. The third-order valence-electron chi connectivity index (χ3n) is 2.09. The maximum atomic E-state index is 10.9. The van der Waals surface area contributed by atoms with Crippen molar-refractivity contribution in [1.29, 1.82) is 0 Å². The summed E-state index contributed by atoms with van der Waals surface area (Å²) in [5, 5.41) is 0. The minimum Gasteiger partial charge on any atom is -0.498 e. The maximum Gasteiger partial charge on any atom is 0.330 e. The molecule has 1 rings (SSSR count). The Morgan fingerprint density at radius 2 is 2.47 bits per heavy atom. The Bertz CT molecular complexity index is 300. The molecule has 1 unspecified atom stereocenters. The molecule has 1 aliphatic rings. The SMILES string of the molecule is CCOC1=CC=CC(C=CC(=O)OC)C1. The third kappa shape index (κ3) is 4.02. The van der Waals surface area contributed by atoms with Gasteiger partial charge in [0, 0.05) is 18.4 Å². The standard InChI is InChI=1S/C12H16O3/c1-3-15-11-6-4-5-10(9-11)7-8-12(13)14-2/h4-8,10H,3,9H2,1-2H3. The highest BCUT2D eigenvalue weighted by molar-refractivity contribution is 5.81. The van der Waals surface area contributed by atoms with E-state index in [0.29, 0.717) is 6.61 Å². The Kier molecular flexibility index (Phi) is 4.68. The van der Waals surface area contributed by atoms with E-state index in [1.165, 1.54) is 13.2 Å². The summed E-state index contributed by atoms with van der Waals surface area (Å²) in [5.41, 5.74) is 0. The van der Waals surface area contributed by atoms with E-state index < -0.39 is 0 Å². The van der Waals surface area contributed by atoms with Crippen LogP contribution in [0.3, 0.4) is 0 Å². The van der Waals surface area contributed by atoms with E-state index >= 15 is 0 Å². The number of rotatable bonds is 4. The van der Waals surface area contributed by atoms with Crippen LogP contribution in [0, 0.1) is 5.92 Å². The molecular formula is C12H16O3. The molecule has 3 nitrogen and oxygen atoms in total. The van der Waals surface area contributed by atoms with E-state index in [1.54, 1.807) is 0 Å². The predicted octanol–water partition coefficient (Wildman–Crippen LogP) is 2.21. The lowest BCUT2D eigenvalue weighted by Gasteiger charge is -2.15. The molecule has 0 radical (unpaired) electrons. The number of hydrogen-bond acceptors (Lipinski definition) is 3. The Balaban J connectivity index is 2.47. The first-order chi connectivity index (χ1) is 7.26. The fourth-order valence-corrected chi connectivity index (χ4v) is 1.37. The molecule has 0 aromatic heterocycles. The van der Waals surface area contributed by atoms with Crippen LogP contribution in [0.1, 0.15) is 13.3 Å². The fourth-order valence-electron chi connectivity index (χ4n) is 1.37. The number of ether oxygens (including phenoxy) is 2. The summed E-state index contributed by atoms with van der Waals surface area (Å²) in [7, 11) is 1.37. The van der Waals surface area contributed by atoms with Crippen molar-refractivity contribution in [1.82, 2.24) is 0 Å². The van der Waals surface area contributed by atoms with E-state index in [1.807, 2.05) is 31.2 Å². The fraction of sp³-hybridized carbons (Fsp3) is 0.417. The van der Waals surface area contributed by atoms with Crippen molar-refractivity contribution in [2.24, 2.45) is 5.92 Å². The molecule has 0 bridgehead atoms. The summed E-state index contributed by atoms with van der Waals surface area (Å²) in [6.07, 6.45) is 10.0. The normalized spacial score (nSPS) is 20.1. The summed E-state index contributed by atoms with van der Waals surface area (Å²) in [5.74, 6) is 0.853. The summed E-state index contributed by atoms with van der Waals surface area (Å²) in [4.78, 5) is 10.9. The first kappa shape index (κ1) is 11.6. The van der Waals surface area contributed by atoms with E-state index in [9.17, 15) is 4.79 Å². The van der Waals surface area contributed by atoms with E-state index in [0.717, 1.165) is 12.2 Å². The number of carbonyl (C=O) groups excluding carboxylic acids is 1. The molecule has 0 fully saturated rings. The average molecular weight is 208 g/mol. The van der Waals surface area contributed by atoms with Gasteiger partial charge in [-0.05, 0) is 13.0 Å². The molecule has 1 aliphatic carbocycles. The lowest BCUT2D eigenvalue weighted by Crippen LogP contribution is -2.03. The van der Waals surface area contributed by atoms with E-state index in [-0.39, 0.29) is 11.9 Å². The number of allylic oxidation sites excluding steroid dienone is 5. The van der Waals surface area contributed by atoms with Gasteiger partial charge in [-0.1, -0.05) is 18.2 Å². The Hall–Kier alpha value is -1.51. The Morgan fingerprint density at radius 1 is 1.67 bits per heavy atom. The first-order valence-electron chi connectivity index (χ1n) is 5.02. The molecule has 1 atom stereocenters. The first-order valence-corrected chi connectivity index (χ1v) is 5.02. The van der Waals surface area contributed by atoms with Gasteiger partial charge in [0.2, 0.25) is 0 Å². The topological polar surface area (TPSA) is 35.5 Å². The molecule has 0 aromatic carbocycles. The summed E-state index contributed by atoms with van der Waals surface area (Å²) >= 11 is 0. The van der Waals surface area contributed by atoms with Crippen LogP contribution in [0.15, 0.2) is 36.1 Å². The smallest absolute Gasteiger partial charge is 0.330 e. The number of carbonyl (C=O) groups is 1. The number of esters is 1. The zero-order valence-electron chi connectivity index (χ0n) is 9.10. The van der Waals surface area contributed by atoms with Crippen LogP contribution >= 0.6 is 0 Å². The zero-order chi connectivity index (χ0) is 11.1. The van der Waals surface area contributed by atoms with Gasteiger partial charge in [-0.25, -0.2) is 4.79 Å². The lowest BCUT2D eigenvalue weighted by molar-refractivity contribution is -0.134. The second-order valence-electron chi connectivity index (χ2n) is 3.20. The Labute approximate surface area is 90.1 Å². The molecule has 0 N–H and O–H groups in total. The molecule has 82 valence electrons. The van der Waals surface area contributed by atoms with Gasteiger partial charge in [-0.15, -0.1) is 0 Å². The molecule has 0 aliphatic heterocycles. The molecule has 0 amide bonds. The highest BCUT2D eigenvalue weighted by Gasteiger charge is 2.09. The summed E-state index contributed by atoms with van der Waals surface area (Å²) in [6.45, 7) is 2.63. The largest absolute Gasteiger partial charge is 0.498 e. The van der Waals surface area contributed by atoms with Crippen LogP contribution in [0.5, 0.6) is 0 Å². The van der Waals surface area contributed by atoms with Gasteiger partial charge in [0.15, 0.2) is 0 Å². The van der Waals surface area contributed by atoms with Gasteiger partial charge in [0.05, 0.1) is 19.5 Å². The van der Waals surface area contributed by atoms with Gasteiger partial charge in [-0.2, -0.15) is 0 Å². The van der Waals surface area contributed by atoms with Gasteiger partial charge in [-0.3, -0.25) is 0 Å². The van der Waals surface area contributed by atoms with Crippen LogP contribution < -0.4 is 0 Å². The van der Waals surface area contributed by atoms with Crippen molar-refractivity contribution in [3.8, 4) is 0 Å². The number of hydrogen-bond donors (Lipinski definition) is 0. The molecule has 0 heterocycles.